The van der Waals surface area contributed by atoms with E-state index in [0.717, 1.165) is 45.6 Å². The van der Waals surface area contributed by atoms with E-state index in [4.69, 9.17) is 4.74 Å². The lowest BCUT2D eigenvalue weighted by atomic mass is 10.3. The lowest BCUT2D eigenvalue weighted by Gasteiger charge is -2.17. The molecule has 0 aromatic rings. The van der Waals surface area contributed by atoms with E-state index < -0.39 is 0 Å². The van der Waals surface area contributed by atoms with E-state index in [9.17, 15) is 4.79 Å². The van der Waals surface area contributed by atoms with Gasteiger partial charge in [-0.05, 0) is 52.0 Å². The molecule has 0 saturated heterocycles. The van der Waals surface area contributed by atoms with Crippen LogP contribution in [-0.4, -0.2) is 50.2 Å². The number of hydrogen-bond donors (Lipinski definition) is 1. The third-order valence-corrected chi connectivity index (χ3v) is 2.88. The molecule has 0 aliphatic rings. The summed E-state index contributed by atoms with van der Waals surface area (Å²) in [6.07, 6.45) is 4.33. The molecule has 0 bridgehead atoms. The summed E-state index contributed by atoms with van der Waals surface area (Å²) in [7, 11) is 0. The van der Waals surface area contributed by atoms with Crippen molar-refractivity contribution in [3.63, 3.8) is 0 Å². The first-order chi connectivity index (χ1) is 8.74. The molecule has 4 nitrogen and oxygen atoms in total. The van der Waals surface area contributed by atoms with Crippen LogP contribution in [0.15, 0.2) is 12.7 Å². The number of nitrogens with zero attached hydrogens (tertiary/aromatic N) is 1. The van der Waals surface area contributed by atoms with Crippen LogP contribution in [0.25, 0.3) is 0 Å². The number of hydrogen-bond acceptors (Lipinski definition) is 4. The Balaban J connectivity index is 3.16. The normalized spacial score (nSPS) is 10.6. The molecule has 0 aliphatic carbocycles. The highest BCUT2D eigenvalue weighted by molar-refractivity contribution is 5.81. The minimum absolute atomic E-state index is 0.331. The molecular weight excluding hydrogens is 228 g/mol. The SMILES string of the molecule is C=CC(=O)OCCCCNCCCN(CC)CC. The molecule has 0 aliphatic heterocycles. The monoisotopic (exact) mass is 256 g/mol. The Labute approximate surface area is 111 Å². The number of esters is 1. The first kappa shape index (κ1) is 17.1. The van der Waals surface area contributed by atoms with Gasteiger partial charge in [0, 0.05) is 6.08 Å². The van der Waals surface area contributed by atoms with Crippen molar-refractivity contribution in [3.8, 4) is 0 Å². The topological polar surface area (TPSA) is 41.6 Å². The number of nitrogens with one attached hydrogen (secondary N) is 1. The van der Waals surface area contributed by atoms with Gasteiger partial charge >= 0.3 is 5.97 Å². The van der Waals surface area contributed by atoms with Gasteiger partial charge in [0.15, 0.2) is 0 Å². The maximum absolute atomic E-state index is 10.7. The van der Waals surface area contributed by atoms with Crippen LogP contribution in [0.2, 0.25) is 0 Å². The van der Waals surface area contributed by atoms with Gasteiger partial charge in [-0.1, -0.05) is 20.4 Å². The maximum atomic E-state index is 10.7. The lowest BCUT2D eigenvalue weighted by molar-refractivity contribution is -0.137. The quantitative estimate of drug-likeness (QED) is 0.328. The minimum Gasteiger partial charge on any atom is -0.463 e. The maximum Gasteiger partial charge on any atom is 0.330 e. The summed E-state index contributed by atoms with van der Waals surface area (Å²) in [6, 6.07) is 0. The first-order valence-corrected chi connectivity index (χ1v) is 6.96. The van der Waals surface area contributed by atoms with Crippen LogP contribution in [0.5, 0.6) is 0 Å². The van der Waals surface area contributed by atoms with Crippen molar-refractivity contribution in [2.75, 3.05) is 39.3 Å². The van der Waals surface area contributed by atoms with E-state index in [1.165, 1.54) is 12.5 Å². The zero-order chi connectivity index (χ0) is 13.6. The summed E-state index contributed by atoms with van der Waals surface area (Å²) in [5, 5.41) is 3.40. The van der Waals surface area contributed by atoms with E-state index in [1.54, 1.807) is 0 Å². The highest BCUT2D eigenvalue weighted by atomic mass is 16.5. The van der Waals surface area contributed by atoms with Gasteiger partial charge in [0.25, 0.3) is 0 Å². The number of ether oxygens (including phenoxy) is 1. The smallest absolute Gasteiger partial charge is 0.330 e. The molecule has 4 heteroatoms. The van der Waals surface area contributed by atoms with Crippen molar-refractivity contribution in [2.45, 2.75) is 33.1 Å². The van der Waals surface area contributed by atoms with Gasteiger partial charge in [-0.25, -0.2) is 4.79 Å². The largest absolute Gasteiger partial charge is 0.463 e. The summed E-state index contributed by atoms with van der Waals surface area (Å²) >= 11 is 0. The average molecular weight is 256 g/mol. The zero-order valence-corrected chi connectivity index (χ0v) is 11.9. The molecule has 0 amide bonds. The Morgan fingerprint density at radius 3 is 2.50 bits per heavy atom. The van der Waals surface area contributed by atoms with Crippen LogP contribution in [-0.2, 0) is 9.53 Å². The van der Waals surface area contributed by atoms with Crippen LogP contribution < -0.4 is 5.32 Å². The summed E-state index contributed by atoms with van der Waals surface area (Å²) < 4.78 is 4.89. The second-order valence-electron chi connectivity index (χ2n) is 4.21. The number of carbonyl (C=O) groups is 1. The van der Waals surface area contributed by atoms with Crippen LogP contribution in [0, 0.1) is 0 Å². The highest BCUT2D eigenvalue weighted by Gasteiger charge is 1.98. The van der Waals surface area contributed by atoms with Gasteiger partial charge in [0.1, 0.15) is 0 Å². The van der Waals surface area contributed by atoms with Crippen molar-refractivity contribution >= 4 is 5.97 Å². The van der Waals surface area contributed by atoms with E-state index in [-0.39, 0.29) is 5.97 Å². The molecule has 0 unspecified atom stereocenters. The molecule has 0 atom stereocenters. The fourth-order valence-electron chi connectivity index (χ4n) is 1.68. The summed E-state index contributed by atoms with van der Waals surface area (Å²) in [5.41, 5.74) is 0. The van der Waals surface area contributed by atoms with Crippen LogP contribution in [0.1, 0.15) is 33.1 Å². The molecule has 0 radical (unpaired) electrons. The van der Waals surface area contributed by atoms with E-state index in [2.05, 4.69) is 30.6 Å². The van der Waals surface area contributed by atoms with Gasteiger partial charge in [-0.15, -0.1) is 0 Å². The molecule has 0 saturated carbocycles. The molecule has 0 heterocycles. The Morgan fingerprint density at radius 2 is 1.89 bits per heavy atom. The van der Waals surface area contributed by atoms with E-state index >= 15 is 0 Å². The van der Waals surface area contributed by atoms with Crippen LogP contribution in [0.4, 0.5) is 0 Å². The average Bonchev–Trinajstić information content (AvgIpc) is 2.40. The molecule has 0 fully saturated rings. The summed E-state index contributed by atoms with van der Waals surface area (Å²) in [5.74, 6) is -0.331. The second-order valence-corrected chi connectivity index (χ2v) is 4.21. The van der Waals surface area contributed by atoms with Crippen molar-refractivity contribution in [2.24, 2.45) is 0 Å². The van der Waals surface area contributed by atoms with E-state index in [0.29, 0.717) is 6.61 Å². The van der Waals surface area contributed by atoms with Crippen molar-refractivity contribution in [3.05, 3.63) is 12.7 Å². The van der Waals surface area contributed by atoms with E-state index in [1.807, 2.05) is 0 Å². The number of carbonyl (C=O) groups excluding carboxylic acids is 1. The zero-order valence-electron chi connectivity index (χ0n) is 11.9. The van der Waals surface area contributed by atoms with Crippen LogP contribution >= 0.6 is 0 Å². The highest BCUT2D eigenvalue weighted by Crippen LogP contribution is 1.92. The lowest BCUT2D eigenvalue weighted by Crippen LogP contribution is -2.27. The fourth-order valence-corrected chi connectivity index (χ4v) is 1.68. The Kier molecular flexibility index (Phi) is 12.0. The standard InChI is InChI=1S/C14H28N2O2/c1-4-14(17)18-13-8-7-10-15-11-9-12-16(5-2)6-3/h4,15H,1,5-13H2,2-3H3. The summed E-state index contributed by atoms with van der Waals surface area (Å²) in [4.78, 5) is 13.2. The van der Waals surface area contributed by atoms with Gasteiger partial charge in [0.2, 0.25) is 0 Å². The molecule has 1 N–H and O–H groups in total. The Morgan fingerprint density at radius 1 is 1.22 bits per heavy atom. The third kappa shape index (κ3) is 10.3. The van der Waals surface area contributed by atoms with Crippen LogP contribution in [0.3, 0.4) is 0 Å². The van der Waals surface area contributed by atoms with Crippen molar-refractivity contribution in [1.82, 2.24) is 10.2 Å². The Hall–Kier alpha value is -0.870. The number of unbranched alkanes of at least 4 members (excludes halogenated alkanes) is 1. The van der Waals surface area contributed by atoms with Gasteiger partial charge in [0.05, 0.1) is 6.61 Å². The molecular formula is C14H28N2O2. The third-order valence-electron chi connectivity index (χ3n) is 2.88. The minimum atomic E-state index is -0.331. The molecule has 18 heavy (non-hydrogen) atoms. The molecule has 0 aromatic carbocycles. The second kappa shape index (κ2) is 12.6. The molecule has 106 valence electrons. The molecule has 0 aromatic heterocycles. The predicted octanol–water partition coefficient (Wildman–Crippen LogP) is 1.82. The van der Waals surface area contributed by atoms with Crippen molar-refractivity contribution in [1.29, 1.82) is 0 Å². The first-order valence-electron chi connectivity index (χ1n) is 6.96. The number of rotatable bonds is 12. The predicted molar refractivity (Wildman–Crippen MR) is 75.7 cm³/mol. The Bertz CT molecular complexity index is 216. The van der Waals surface area contributed by atoms with Crippen molar-refractivity contribution < 1.29 is 9.53 Å². The molecule has 0 rings (SSSR count). The van der Waals surface area contributed by atoms with Gasteiger partial charge in [-0.2, -0.15) is 0 Å². The molecule has 0 spiro atoms. The summed E-state index contributed by atoms with van der Waals surface area (Å²) in [6.45, 7) is 13.7. The van der Waals surface area contributed by atoms with Gasteiger partial charge < -0.3 is 15.0 Å². The van der Waals surface area contributed by atoms with Gasteiger partial charge in [-0.3, -0.25) is 0 Å². The fraction of sp³-hybridized carbons (Fsp3) is 0.786.